The smallest absolute Gasteiger partial charge is 0.185 e. The van der Waals surface area contributed by atoms with Crippen LogP contribution in [0.5, 0.6) is 17.2 Å². The van der Waals surface area contributed by atoms with E-state index in [4.69, 9.17) is 4.74 Å². The highest BCUT2D eigenvalue weighted by Crippen LogP contribution is 2.39. The third kappa shape index (κ3) is 4.47. The van der Waals surface area contributed by atoms with Gasteiger partial charge in [0.15, 0.2) is 5.78 Å². The Kier molecular flexibility index (Phi) is 5.95. The molecule has 0 atom stereocenters. The number of hydrogen-bond acceptors (Lipinski definition) is 5. The van der Waals surface area contributed by atoms with Gasteiger partial charge in [0.2, 0.25) is 0 Å². The van der Waals surface area contributed by atoms with Crippen LogP contribution in [0.2, 0.25) is 0 Å². The molecule has 0 aliphatic rings. The molecule has 2 N–H and O–H groups in total. The van der Waals surface area contributed by atoms with Crippen molar-refractivity contribution in [2.75, 3.05) is 7.11 Å². The van der Waals surface area contributed by atoms with Crippen molar-refractivity contribution in [1.82, 2.24) is 4.98 Å². The third-order valence-corrected chi connectivity index (χ3v) is 3.68. The van der Waals surface area contributed by atoms with Crippen LogP contribution in [0.3, 0.4) is 0 Å². The van der Waals surface area contributed by atoms with Crippen LogP contribution in [0.4, 0.5) is 0 Å². The van der Waals surface area contributed by atoms with Gasteiger partial charge in [-0.1, -0.05) is 11.6 Å². The average molecular weight is 339 g/mol. The highest BCUT2D eigenvalue weighted by Gasteiger charge is 2.16. The molecule has 130 valence electrons. The van der Waals surface area contributed by atoms with Crippen LogP contribution < -0.4 is 4.74 Å². The van der Waals surface area contributed by atoms with Crippen molar-refractivity contribution in [3.05, 3.63) is 65.0 Å². The third-order valence-electron chi connectivity index (χ3n) is 3.68. The van der Waals surface area contributed by atoms with Gasteiger partial charge in [-0.25, -0.2) is 0 Å². The molecule has 0 saturated heterocycles. The number of carbonyl (C=O) groups excluding carboxylic acids is 1. The van der Waals surface area contributed by atoms with Gasteiger partial charge >= 0.3 is 0 Å². The molecule has 0 amide bonds. The van der Waals surface area contributed by atoms with Crippen LogP contribution in [0.15, 0.2) is 48.3 Å². The quantitative estimate of drug-likeness (QED) is 0.474. The Balaban J connectivity index is 2.41. The summed E-state index contributed by atoms with van der Waals surface area (Å²) in [6.07, 6.45) is 8.20. The summed E-state index contributed by atoms with van der Waals surface area (Å²) in [4.78, 5) is 16.1. The van der Waals surface area contributed by atoms with Gasteiger partial charge in [0.1, 0.15) is 17.2 Å². The minimum Gasteiger partial charge on any atom is -0.507 e. The predicted octanol–water partition coefficient (Wildman–Crippen LogP) is 3.91. The van der Waals surface area contributed by atoms with E-state index in [0.29, 0.717) is 23.1 Å². The molecule has 0 fully saturated rings. The first kappa shape index (κ1) is 18.3. The molecular weight excluding hydrogens is 318 g/mol. The van der Waals surface area contributed by atoms with Gasteiger partial charge in [-0.3, -0.25) is 9.78 Å². The van der Waals surface area contributed by atoms with Crippen molar-refractivity contribution in [2.45, 2.75) is 20.3 Å². The molecule has 5 heteroatoms. The number of carbonyl (C=O) groups is 1. The van der Waals surface area contributed by atoms with Gasteiger partial charge in [-0.15, -0.1) is 0 Å². The van der Waals surface area contributed by atoms with Gasteiger partial charge in [-0.2, -0.15) is 0 Å². The molecule has 1 aromatic carbocycles. The van der Waals surface area contributed by atoms with Crippen molar-refractivity contribution < 1.29 is 19.7 Å². The van der Waals surface area contributed by atoms with Gasteiger partial charge in [0.25, 0.3) is 0 Å². The predicted molar refractivity (Wildman–Crippen MR) is 97.1 cm³/mol. The largest absolute Gasteiger partial charge is 0.507 e. The summed E-state index contributed by atoms with van der Waals surface area (Å²) in [5, 5.41) is 20.7. The first-order valence-corrected chi connectivity index (χ1v) is 7.81. The Bertz CT molecular complexity index is 819. The fraction of sp³-hybridized carbons (Fsp3) is 0.200. The number of methoxy groups -OCH3 is 1. The molecule has 0 saturated carbocycles. The van der Waals surface area contributed by atoms with E-state index in [1.807, 2.05) is 19.9 Å². The molecule has 2 aromatic rings. The minimum atomic E-state index is -0.220. The molecule has 0 aliphatic heterocycles. The molecule has 25 heavy (non-hydrogen) atoms. The van der Waals surface area contributed by atoms with Crippen LogP contribution in [-0.2, 0) is 6.42 Å². The molecule has 0 bridgehead atoms. The van der Waals surface area contributed by atoms with Crippen molar-refractivity contribution in [1.29, 1.82) is 0 Å². The van der Waals surface area contributed by atoms with E-state index in [1.54, 1.807) is 12.1 Å². The molecule has 0 radical (unpaired) electrons. The second kappa shape index (κ2) is 8.15. The maximum atomic E-state index is 12.2. The van der Waals surface area contributed by atoms with Crippen molar-refractivity contribution in [3.8, 4) is 17.2 Å². The highest BCUT2D eigenvalue weighted by atomic mass is 16.5. The SMILES string of the molecule is COc1cc(O)c(CC=C(C)C)c(O)c1C=CC(=O)c1ccncc1. The number of ether oxygens (including phenoxy) is 1. The molecule has 5 nitrogen and oxygen atoms in total. The number of phenolic OH excluding ortho intramolecular Hbond substituents is 2. The first-order chi connectivity index (χ1) is 11.9. The standard InChI is InChI=1S/C20H21NO4/c1-13(2)4-5-15-18(23)12-19(25-3)16(20(15)24)6-7-17(22)14-8-10-21-11-9-14/h4,6-12,23-24H,5H2,1-3H3. The lowest BCUT2D eigenvalue weighted by Crippen LogP contribution is -1.96. The Labute approximate surface area is 146 Å². The number of benzene rings is 1. The highest BCUT2D eigenvalue weighted by molar-refractivity contribution is 6.07. The fourth-order valence-corrected chi connectivity index (χ4v) is 2.30. The van der Waals surface area contributed by atoms with Crippen LogP contribution >= 0.6 is 0 Å². The number of allylic oxidation sites excluding steroid dienone is 3. The summed E-state index contributed by atoms with van der Waals surface area (Å²) in [5.74, 6) is -0.0879. The number of pyridine rings is 1. The van der Waals surface area contributed by atoms with Crippen molar-refractivity contribution in [3.63, 3.8) is 0 Å². The lowest BCUT2D eigenvalue weighted by molar-refractivity contribution is 0.104. The van der Waals surface area contributed by atoms with Crippen LogP contribution in [0, 0.1) is 0 Å². The second-order valence-corrected chi connectivity index (χ2v) is 5.76. The Morgan fingerprint density at radius 2 is 1.92 bits per heavy atom. The number of aromatic nitrogens is 1. The van der Waals surface area contributed by atoms with Gasteiger partial charge in [-0.05, 0) is 44.6 Å². The number of nitrogens with zero attached hydrogens (tertiary/aromatic N) is 1. The summed E-state index contributed by atoms with van der Waals surface area (Å²) in [6, 6.07) is 4.66. The average Bonchev–Trinajstić information content (AvgIpc) is 2.60. The number of rotatable bonds is 6. The van der Waals surface area contributed by atoms with E-state index in [0.717, 1.165) is 5.57 Å². The fourth-order valence-electron chi connectivity index (χ4n) is 2.30. The Morgan fingerprint density at radius 1 is 1.24 bits per heavy atom. The van der Waals surface area contributed by atoms with Crippen molar-refractivity contribution >= 4 is 11.9 Å². The zero-order valence-electron chi connectivity index (χ0n) is 14.5. The zero-order chi connectivity index (χ0) is 18.4. The van der Waals surface area contributed by atoms with E-state index < -0.39 is 0 Å². The van der Waals surface area contributed by atoms with E-state index in [-0.39, 0.29) is 23.0 Å². The first-order valence-electron chi connectivity index (χ1n) is 7.81. The second-order valence-electron chi connectivity index (χ2n) is 5.76. The lowest BCUT2D eigenvalue weighted by atomic mass is 10.0. The summed E-state index contributed by atoms with van der Waals surface area (Å²) in [5.41, 5.74) is 2.30. The van der Waals surface area contributed by atoms with Gasteiger partial charge < -0.3 is 14.9 Å². The lowest BCUT2D eigenvalue weighted by Gasteiger charge is -2.13. The molecule has 0 unspecified atom stereocenters. The van der Waals surface area contributed by atoms with Crippen molar-refractivity contribution in [2.24, 2.45) is 0 Å². The van der Waals surface area contributed by atoms with E-state index >= 15 is 0 Å². The number of aromatic hydroxyl groups is 2. The maximum Gasteiger partial charge on any atom is 0.185 e. The molecule has 2 rings (SSSR count). The van der Waals surface area contributed by atoms with Gasteiger partial charge in [0.05, 0.1) is 12.7 Å². The van der Waals surface area contributed by atoms with Gasteiger partial charge in [0, 0.05) is 29.6 Å². The Morgan fingerprint density at radius 3 is 2.52 bits per heavy atom. The summed E-state index contributed by atoms with van der Waals surface area (Å²) < 4.78 is 5.22. The zero-order valence-corrected chi connectivity index (χ0v) is 14.5. The molecule has 1 heterocycles. The summed E-state index contributed by atoms with van der Waals surface area (Å²) in [6.45, 7) is 3.87. The normalized spacial score (nSPS) is 10.7. The molecule has 0 spiro atoms. The number of hydrogen-bond donors (Lipinski definition) is 2. The molecular formula is C20H21NO4. The van der Waals surface area contributed by atoms with E-state index in [2.05, 4.69) is 4.98 Å². The number of ketones is 1. The monoisotopic (exact) mass is 339 g/mol. The Hall–Kier alpha value is -3.08. The topological polar surface area (TPSA) is 79.6 Å². The van der Waals surface area contributed by atoms with Crippen LogP contribution in [0.25, 0.3) is 6.08 Å². The van der Waals surface area contributed by atoms with E-state index in [1.165, 1.54) is 37.7 Å². The maximum absolute atomic E-state index is 12.2. The molecule has 0 aliphatic carbocycles. The summed E-state index contributed by atoms with van der Waals surface area (Å²) in [7, 11) is 1.44. The molecule has 1 aromatic heterocycles. The minimum absolute atomic E-state index is 0.0514. The van der Waals surface area contributed by atoms with Crippen LogP contribution in [-0.4, -0.2) is 28.1 Å². The summed E-state index contributed by atoms with van der Waals surface area (Å²) >= 11 is 0. The van der Waals surface area contributed by atoms with E-state index in [9.17, 15) is 15.0 Å². The van der Waals surface area contributed by atoms with Crippen LogP contribution in [0.1, 0.15) is 35.3 Å². The number of phenols is 2.